The van der Waals surface area contributed by atoms with Crippen molar-refractivity contribution in [2.45, 2.75) is 50.3 Å². The number of carbonyl (C=O) groups excluding carboxylic acids is 3. The van der Waals surface area contributed by atoms with Crippen LogP contribution in [0.2, 0.25) is 0 Å². The molecular formula is C33H38FN3O8S. The van der Waals surface area contributed by atoms with Crippen molar-refractivity contribution in [3.8, 4) is 5.75 Å². The normalized spacial score (nSPS) is 16.3. The number of hydrogen-bond acceptors (Lipinski definition) is 8. The van der Waals surface area contributed by atoms with E-state index < -0.39 is 52.6 Å². The number of hydrogen-bond donors (Lipinski definition) is 2. The van der Waals surface area contributed by atoms with Gasteiger partial charge in [0.15, 0.2) is 23.5 Å². The molecular weight excluding hydrogens is 617 g/mol. The average Bonchev–Trinajstić information content (AvgIpc) is 3.42. The van der Waals surface area contributed by atoms with Crippen LogP contribution >= 0.6 is 0 Å². The van der Waals surface area contributed by atoms with Crippen LogP contribution in [0.4, 0.5) is 14.9 Å². The highest BCUT2D eigenvalue weighted by Crippen LogP contribution is 2.26. The van der Waals surface area contributed by atoms with Crippen LogP contribution in [0.15, 0.2) is 77.7 Å². The molecule has 1 saturated heterocycles. The van der Waals surface area contributed by atoms with E-state index in [0.717, 1.165) is 15.9 Å². The second kappa shape index (κ2) is 14.8. The second-order valence-electron chi connectivity index (χ2n) is 11.5. The van der Waals surface area contributed by atoms with E-state index in [0.29, 0.717) is 11.3 Å². The largest absolute Gasteiger partial charge is 0.494 e. The zero-order valence-electron chi connectivity index (χ0n) is 26.1. The van der Waals surface area contributed by atoms with Crippen molar-refractivity contribution in [3.05, 3.63) is 89.7 Å². The molecule has 246 valence electrons. The topological polar surface area (TPSA) is 143 Å². The molecule has 0 aromatic heterocycles. The number of ether oxygens (including phenoxy) is 2. The smallest absolute Gasteiger partial charge is 0.415 e. The Morgan fingerprint density at radius 2 is 1.80 bits per heavy atom. The molecule has 1 fully saturated rings. The Balaban J connectivity index is 1.56. The third-order valence-corrected chi connectivity index (χ3v) is 9.31. The second-order valence-corrected chi connectivity index (χ2v) is 13.4. The zero-order chi connectivity index (χ0) is 33.6. The number of benzene rings is 3. The molecule has 0 spiro atoms. The first kappa shape index (κ1) is 34.5. The fourth-order valence-electron chi connectivity index (χ4n) is 5.10. The van der Waals surface area contributed by atoms with Crippen LogP contribution in [0.5, 0.6) is 5.75 Å². The molecule has 0 bridgehead atoms. The quantitative estimate of drug-likeness (QED) is 0.250. The van der Waals surface area contributed by atoms with E-state index in [1.165, 1.54) is 37.1 Å². The van der Waals surface area contributed by atoms with Crippen molar-refractivity contribution in [2.75, 3.05) is 31.6 Å². The number of ketones is 1. The van der Waals surface area contributed by atoms with E-state index in [1.54, 1.807) is 56.3 Å². The first-order valence-corrected chi connectivity index (χ1v) is 16.2. The number of halogens is 1. The summed E-state index contributed by atoms with van der Waals surface area (Å²) in [5.74, 6) is -1.99. The lowest BCUT2D eigenvalue weighted by Gasteiger charge is -2.31. The summed E-state index contributed by atoms with van der Waals surface area (Å²) in [6.07, 6.45) is -3.30. The number of sulfonamides is 1. The maximum absolute atomic E-state index is 14.5. The van der Waals surface area contributed by atoms with Crippen molar-refractivity contribution in [2.24, 2.45) is 5.92 Å². The molecule has 1 aliphatic heterocycles. The highest BCUT2D eigenvalue weighted by molar-refractivity contribution is 7.89. The Labute approximate surface area is 268 Å². The summed E-state index contributed by atoms with van der Waals surface area (Å²) in [7, 11) is -3.01. The number of aliphatic hydroxyl groups excluding tert-OH is 1. The number of cyclic esters (lactones) is 1. The Morgan fingerprint density at radius 1 is 1.09 bits per heavy atom. The molecule has 13 heteroatoms. The number of methoxy groups -OCH3 is 1. The number of rotatable bonds is 14. The SMILES string of the molecule is COc1ccc(S(=O)(=O)N(CC(C)C)C[C@@H](O)[C@H](Cc2ccccc2)NC(=O)[C@@H]2CN(c3cccc(C(C)=O)c3)C(=O)O2)cc1F. The Bertz CT molecular complexity index is 1670. The number of nitrogens with one attached hydrogen (secondary N) is 1. The summed E-state index contributed by atoms with van der Waals surface area (Å²) >= 11 is 0. The monoisotopic (exact) mass is 655 g/mol. The third-order valence-electron chi connectivity index (χ3n) is 7.48. The number of nitrogens with zero attached hydrogens (tertiary/aromatic N) is 2. The van der Waals surface area contributed by atoms with Crippen molar-refractivity contribution < 1.29 is 41.8 Å². The van der Waals surface area contributed by atoms with Gasteiger partial charge in [-0.25, -0.2) is 17.6 Å². The first-order valence-electron chi connectivity index (χ1n) is 14.7. The van der Waals surface area contributed by atoms with Crippen LogP contribution < -0.4 is 15.0 Å². The molecule has 2 N–H and O–H groups in total. The highest BCUT2D eigenvalue weighted by atomic mass is 32.2. The summed E-state index contributed by atoms with van der Waals surface area (Å²) in [6, 6.07) is 17.7. The van der Waals surface area contributed by atoms with Gasteiger partial charge >= 0.3 is 6.09 Å². The predicted octanol–water partition coefficient (Wildman–Crippen LogP) is 3.80. The summed E-state index contributed by atoms with van der Waals surface area (Å²) < 4.78 is 53.2. The Kier molecular flexibility index (Phi) is 11.1. The van der Waals surface area contributed by atoms with Gasteiger partial charge in [0.2, 0.25) is 10.0 Å². The molecule has 3 atom stereocenters. The van der Waals surface area contributed by atoms with E-state index >= 15 is 0 Å². The zero-order valence-corrected chi connectivity index (χ0v) is 26.9. The number of aliphatic hydroxyl groups is 1. The number of anilines is 1. The van der Waals surface area contributed by atoms with Crippen LogP contribution in [0.25, 0.3) is 0 Å². The van der Waals surface area contributed by atoms with Crippen LogP contribution in [0.1, 0.15) is 36.7 Å². The molecule has 2 amide bonds. The van der Waals surface area contributed by atoms with Gasteiger partial charge < -0.3 is 19.9 Å². The highest BCUT2D eigenvalue weighted by Gasteiger charge is 2.39. The Hall–Kier alpha value is -4.33. The number of carbonyl (C=O) groups is 3. The van der Waals surface area contributed by atoms with E-state index in [9.17, 15) is 32.3 Å². The minimum absolute atomic E-state index is 0.00751. The summed E-state index contributed by atoms with van der Waals surface area (Å²) in [5, 5.41) is 14.3. The molecule has 0 radical (unpaired) electrons. The van der Waals surface area contributed by atoms with E-state index in [4.69, 9.17) is 9.47 Å². The Morgan fingerprint density at radius 3 is 2.43 bits per heavy atom. The van der Waals surface area contributed by atoms with Crippen LogP contribution in [0.3, 0.4) is 0 Å². The standard InChI is InChI=1S/C33H38FN3O8S/c1-21(2)18-36(46(42,43)26-13-14-30(44-4)27(34)17-26)19-29(39)28(15-23-9-6-5-7-10-23)35-32(40)31-20-37(33(41)45-31)25-12-8-11-24(16-25)22(3)38/h5-14,16-17,21,28-29,31,39H,15,18-20H2,1-4H3,(H,35,40)/t28-,29+,31-/m0/s1. The predicted molar refractivity (Wildman–Crippen MR) is 169 cm³/mol. The molecule has 0 saturated carbocycles. The molecule has 11 nitrogen and oxygen atoms in total. The molecule has 3 aromatic rings. The molecule has 0 aliphatic carbocycles. The number of Topliss-reactive ketones (excluding diaryl/α,β-unsaturated/α-hetero) is 1. The molecule has 1 aliphatic rings. The van der Waals surface area contributed by atoms with Crippen molar-refractivity contribution in [1.82, 2.24) is 9.62 Å². The molecule has 46 heavy (non-hydrogen) atoms. The maximum atomic E-state index is 14.5. The molecule has 0 unspecified atom stereocenters. The van der Waals surface area contributed by atoms with Crippen LogP contribution in [-0.2, 0) is 26.0 Å². The minimum atomic E-state index is -4.28. The van der Waals surface area contributed by atoms with Gasteiger partial charge in [0, 0.05) is 24.3 Å². The lowest BCUT2D eigenvalue weighted by molar-refractivity contribution is -0.129. The first-order chi connectivity index (χ1) is 21.8. The third kappa shape index (κ3) is 8.27. The van der Waals surface area contributed by atoms with E-state index in [1.807, 2.05) is 6.07 Å². The van der Waals surface area contributed by atoms with Crippen LogP contribution in [0, 0.1) is 11.7 Å². The average molecular weight is 656 g/mol. The molecule has 1 heterocycles. The minimum Gasteiger partial charge on any atom is -0.494 e. The van der Waals surface area contributed by atoms with Gasteiger partial charge in [-0.05, 0) is 55.2 Å². The van der Waals surface area contributed by atoms with Gasteiger partial charge in [0.25, 0.3) is 5.91 Å². The maximum Gasteiger partial charge on any atom is 0.415 e. The van der Waals surface area contributed by atoms with Crippen LogP contribution in [-0.4, -0.2) is 80.6 Å². The molecule has 4 rings (SSSR count). The van der Waals surface area contributed by atoms with Gasteiger partial charge in [0.1, 0.15) is 0 Å². The van der Waals surface area contributed by atoms with Gasteiger partial charge in [-0.3, -0.25) is 14.5 Å². The fraction of sp³-hybridized carbons (Fsp3) is 0.364. The molecule has 3 aromatic carbocycles. The number of amides is 2. The van der Waals surface area contributed by atoms with Crippen molar-refractivity contribution >= 4 is 33.5 Å². The van der Waals surface area contributed by atoms with Gasteiger partial charge in [0.05, 0.1) is 30.7 Å². The van der Waals surface area contributed by atoms with Gasteiger partial charge in [-0.1, -0.05) is 56.3 Å². The van der Waals surface area contributed by atoms with Crippen molar-refractivity contribution in [1.29, 1.82) is 0 Å². The van der Waals surface area contributed by atoms with Gasteiger partial charge in [-0.2, -0.15) is 4.31 Å². The fourth-order valence-corrected chi connectivity index (χ4v) is 6.73. The summed E-state index contributed by atoms with van der Waals surface area (Å²) in [5.41, 5.74) is 1.54. The lowest BCUT2D eigenvalue weighted by atomic mass is 10.0. The summed E-state index contributed by atoms with van der Waals surface area (Å²) in [6.45, 7) is 4.46. The van der Waals surface area contributed by atoms with Gasteiger partial charge in [-0.15, -0.1) is 0 Å². The van der Waals surface area contributed by atoms with E-state index in [2.05, 4.69) is 5.32 Å². The van der Waals surface area contributed by atoms with Crippen molar-refractivity contribution in [3.63, 3.8) is 0 Å². The van der Waals surface area contributed by atoms with E-state index in [-0.39, 0.29) is 41.9 Å². The lowest BCUT2D eigenvalue weighted by Crippen LogP contribution is -2.53. The summed E-state index contributed by atoms with van der Waals surface area (Å²) in [4.78, 5) is 38.9.